The third-order valence-corrected chi connectivity index (χ3v) is 7.43. The van der Waals surface area contributed by atoms with Crippen LogP contribution in [0, 0.1) is 0 Å². The predicted octanol–water partition coefficient (Wildman–Crippen LogP) is 5.43. The van der Waals surface area contributed by atoms with Gasteiger partial charge in [0.2, 0.25) is 0 Å². The number of hydrogen-bond acceptors (Lipinski definition) is 7. The first-order chi connectivity index (χ1) is 19.3. The van der Waals surface area contributed by atoms with Crippen molar-refractivity contribution >= 4 is 29.5 Å². The Hall–Kier alpha value is -3.91. The molecule has 0 amide bonds. The van der Waals surface area contributed by atoms with E-state index in [-0.39, 0.29) is 11.7 Å². The highest BCUT2D eigenvalue weighted by Crippen LogP contribution is 2.36. The van der Waals surface area contributed by atoms with Crippen LogP contribution in [0.2, 0.25) is 0 Å². The highest BCUT2D eigenvalue weighted by molar-refractivity contribution is 7.07. The van der Waals surface area contributed by atoms with Gasteiger partial charge in [-0.3, -0.25) is 9.36 Å². The van der Waals surface area contributed by atoms with Crippen LogP contribution < -0.4 is 24.4 Å². The van der Waals surface area contributed by atoms with Gasteiger partial charge in [-0.1, -0.05) is 79.7 Å². The SMILES string of the molecule is CCCCCOc1ccc(C2C(C(=O)OC(C)C)=C(C)N=c3sc(=CC=Cc4ccccc4)c(=O)n32)cc1OC. The number of benzene rings is 2. The summed E-state index contributed by atoms with van der Waals surface area (Å²) in [7, 11) is 1.58. The highest BCUT2D eigenvalue weighted by atomic mass is 32.1. The van der Waals surface area contributed by atoms with Gasteiger partial charge in [0.05, 0.1) is 41.7 Å². The van der Waals surface area contributed by atoms with Gasteiger partial charge in [0, 0.05) is 0 Å². The third kappa shape index (κ3) is 6.62. The summed E-state index contributed by atoms with van der Waals surface area (Å²) in [6.07, 6.45) is 8.39. The molecule has 210 valence electrons. The van der Waals surface area contributed by atoms with Crippen LogP contribution in [0.5, 0.6) is 11.5 Å². The molecule has 2 heterocycles. The van der Waals surface area contributed by atoms with Crippen LogP contribution in [-0.2, 0) is 9.53 Å². The molecule has 1 aliphatic rings. The number of carbonyl (C=O) groups is 1. The Morgan fingerprint density at radius 1 is 1.12 bits per heavy atom. The Balaban J connectivity index is 1.81. The fraction of sp³-hybridized carbons (Fsp3) is 0.344. The lowest BCUT2D eigenvalue weighted by molar-refractivity contribution is -0.143. The lowest BCUT2D eigenvalue weighted by atomic mass is 9.95. The van der Waals surface area contributed by atoms with Crippen LogP contribution in [0.3, 0.4) is 0 Å². The molecule has 0 N–H and O–H groups in total. The molecule has 0 saturated carbocycles. The van der Waals surface area contributed by atoms with E-state index in [0.717, 1.165) is 24.8 Å². The minimum absolute atomic E-state index is 0.229. The maximum atomic E-state index is 13.8. The summed E-state index contributed by atoms with van der Waals surface area (Å²) in [6, 6.07) is 14.7. The number of fused-ring (bicyclic) bond motifs is 1. The van der Waals surface area contributed by atoms with E-state index in [4.69, 9.17) is 14.2 Å². The standard InChI is InChI=1S/C32H36N2O5S/c1-6-7-11-19-38-25-18-17-24(20-26(25)37-5)29-28(31(36)39-21(2)3)22(4)33-32-34(29)30(35)27(40-32)16-12-15-23-13-9-8-10-14-23/h8-10,12-18,20-21,29H,6-7,11,19H2,1-5H3. The van der Waals surface area contributed by atoms with Crippen molar-refractivity contribution in [2.75, 3.05) is 13.7 Å². The molecule has 2 aromatic carbocycles. The smallest absolute Gasteiger partial charge is 0.338 e. The Bertz CT molecular complexity index is 1580. The fourth-order valence-electron chi connectivity index (χ4n) is 4.51. The zero-order chi connectivity index (χ0) is 28.6. The van der Waals surface area contributed by atoms with Crippen LogP contribution in [0.25, 0.3) is 12.2 Å². The number of ether oxygens (including phenoxy) is 3. The molecule has 0 saturated heterocycles. The van der Waals surface area contributed by atoms with E-state index in [1.807, 2.05) is 60.7 Å². The van der Waals surface area contributed by atoms with E-state index in [9.17, 15) is 9.59 Å². The molecule has 4 rings (SSSR count). The summed E-state index contributed by atoms with van der Waals surface area (Å²) in [5, 5.41) is 0. The van der Waals surface area contributed by atoms with Crippen molar-refractivity contribution in [3.05, 3.63) is 96.7 Å². The molecule has 7 nitrogen and oxygen atoms in total. The van der Waals surface area contributed by atoms with Crippen molar-refractivity contribution in [2.24, 2.45) is 4.99 Å². The molecule has 1 unspecified atom stereocenters. The van der Waals surface area contributed by atoms with E-state index in [0.29, 0.717) is 44.3 Å². The third-order valence-electron chi connectivity index (χ3n) is 6.43. The van der Waals surface area contributed by atoms with Crippen molar-refractivity contribution in [3.8, 4) is 11.5 Å². The van der Waals surface area contributed by atoms with E-state index in [2.05, 4.69) is 11.9 Å². The van der Waals surface area contributed by atoms with Gasteiger partial charge in [-0.05, 0) is 56.5 Å². The highest BCUT2D eigenvalue weighted by Gasteiger charge is 2.34. The number of esters is 1. The first-order valence-corrected chi connectivity index (χ1v) is 14.4. The van der Waals surface area contributed by atoms with Gasteiger partial charge < -0.3 is 14.2 Å². The zero-order valence-corrected chi connectivity index (χ0v) is 24.5. The first-order valence-electron chi connectivity index (χ1n) is 13.6. The molecular formula is C32H36N2O5S. The Morgan fingerprint density at radius 2 is 1.90 bits per heavy atom. The zero-order valence-electron chi connectivity index (χ0n) is 23.7. The molecule has 0 aliphatic carbocycles. The van der Waals surface area contributed by atoms with Crippen LogP contribution in [0.4, 0.5) is 0 Å². The van der Waals surface area contributed by atoms with Gasteiger partial charge in [0.1, 0.15) is 0 Å². The predicted molar refractivity (Wildman–Crippen MR) is 159 cm³/mol. The second-order valence-corrected chi connectivity index (χ2v) is 10.8. The van der Waals surface area contributed by atoms with Crippen LogP contribution in [0.15, 0.2) is 75.7 Å². The van der Waals surface area contributed by atoms with Crippen molar-refractivity contribution in [1.82, 2.24) is 4.57 Å². The normalized spacial score (nSPS) is 15.3. The van der Waals surface area contributed by atoms with E-state index < -0.39 is 12.0 Å². The largest absolute Gasteiger partial charge is 0.493 e. The van der Waals surface area contributed by atoms with E-state index >= 15 is 0 Å². The average molecular weight is 561 g/mol. The number of nitrogens with zero attached hydrogens (tertiary/aromatic N) is 2. The number of rotatable bonds is 11. The lowest BCUT2D eigenvalue weighted by Crippen LogP contribution is -2.40. The van der Waals surface area contributed by atoms with Crippen LogP contribution in [0.1, 0.15) is 64.1 Å². The molecule has 0 spiro atoms. The number of allylic oxidation sites excluding steroid dienone is 2. The summed E-state index contributed by atoms with van der Waals surface area (Å²) in [5.41, 5.74) is 2.35. The van der Waals surface area contributed by atoms with Crippen molar-refractivity contribution in [1.29, 1.82) is 0 Å². The van der Waals surface area contributed by atoms with E-state index in [1.54, 1.807) is 38.5 Å². The van der Waals surface area contributed by atoms with Gasteiger partial charge in [-0.25, -0.2) is 9.79 Å². The van der Waals surface area contributed by atoms with Crippen molar-refractivity contribution in [3.63, 3.8) is 0 Å². The maximum Gasteiger partial charge on any atom is 0.338 e. The molecule has 8 heteroatoms. The Morgan fingerprint density at radius 3 is 2.60 bits per heavy atom. The van der Waals surface area contributed by atoms with Gasteiger partial charge >= 0.3 is 5.97 Å². The fourth-order valence-corrected chi connectivity index (χ4v) is 5.51. The minimum atomic E-state index is -0.731. The summed E-state index contributed by atoms with van der Waals surface area (Å²) in [6.45, 7) is 8.10. The van der Waals surface area contributed by atoms with Gasteiger partial charge in [-0.15, -0.1) is 0 Å². The van der Waals surface area contributed by atoms with Crippen molar-refractivity contribution in [2.45, 2.75) is 59.1 Å². The van der Waals surface area contributed by atoms with Crippen molar-refractivity contribution < 1.29 is 19.0 Å². The second kappa shape index (κ2) is 13.4. The first kappa shape index (κ1) is 29.1. The topological polar surface area (TPSA) is 79.1 Å². The summed E-state index contributed by atoms with van der Waals surface area (Å²) < 4.78 is 19.3. The monoisotopic (exact) mass is 560 g/mol. The molecule has 40 heavy (non-hydrogen) atoms. The summed E-state index contributed by atoms with van der Waals surface area (Å²) >= 11 is 1.29. The van der Waals surface area contributed by atoms with Crippen LogP contribution >= 0.6 is 11.3 Å². The quantitative estimate of drug-likeness (QED) is 0.231. The second-order valence-electron chi connectivity index (χ2n) is 9.79. The Labute approximate surface area is 238 Å². The molecule has 1 aromatic heterocycles. The maximum absolute atomic E-state index is 13.8. The summed E-state index contributed by atoms with van der Waals surface area (Å²) in [4.78, 5) is 32.3. The number of thiazole rings is 1. The van der Waals surface area contributed by atoms with Gasteiger partial charge in [0.15, 0.2) is 16.3 Å². The molecular weight excluding hydrogens is 524 g/mol. The molecule has 0 radical (unpaired) electrons. The van der Waals surface area contributed by atoms with Gasteiger partial charge in [0.25, 0.3) is 5.56 Å². The Kier molecular flexibility index (Phi) is 9.77. The number of carbonyl (C=O) groups excluding carboxylic acids is 1. The number of hydrogen-bond donors (Lipinski definition) is 0. The minimum Gasteiger partial charge on any atom is -0.493 e. The average Bonchev–Trinajstić information content (AvgIpc) is 3.24. The number of methoxy groups -OCH3 is 1. The van der Waals surface area contributed by atoms with E-state index in [1.165, 1.54) is 11.3 Å². The molecule has 0 bridgehead atoms. The number of unbranched alkanes of at least 4 members (excludes halogenated alkanes) is 2. The molecule has 1 atom stereocenters. The lowest BCUT2D eigenvalue weighted by Gasteiger charge is -2.26. The molecule has 3 aromatic rings. The van der Waals surface area contributed by atoms with Gasteiger partial charge in [-0.2, -0.15) is 0 Å². The molecule has 1 aliphatic heterocycles. The summed E-state index contributed by atoms with van der Waals surface area (Å²) in [5.74, 6) is 0.652. The van der Waals surface area contributed by atoms with Crippen LogP contribution in [-0.4, -0.2) is 30.4 Å². The molecule has 0 fully saturated rings. The number of aromatic nitrogens is 1.